The van der Waals surface area contributed by atoms with Gasteiger partial charge in [-0.3, -0.25) is 4.79 Å². The Hall–Kier alpha value is -3.15. The SMILES string of the molecule is CCOC(=O)[C@@]1(c2ccccc2)OC(=O)c2ccccc2[C@H]1C(=O)OC. The maximum absolute atomic E-state index is 13.0. The summed E-state index contributed by atoms with van der Waals surface area (Å²) >= 11 is 0. The Morgan fingerprint density at radius 2 is 1.73 bits per heavy atom. The number of carbonyl (C=O) groups excluding carboxylic acids is 3. The maximum Gasteiger partial charge on any atom is 0.356 e. The summed E-state index contributed by atoms with van der Waals surface area (Å²) in [6.45, 7) is 1.71. The molecule has 6 nitrogen and oxygen atoms in total. The first-order valence-electron chi connectivity index (χ1n) is 8.19. The topological polar surface area (TPSA) is 78.9 Å². The van der Waals surface area contributed by atoms with E-state index in [1.54, 1.807) is 61.5 Å². The van der Waals surface area contributed by atoms with Crippen LogP contribution >= 0.6 is 0 Å². The van der Waals surface area contributed by atoms with Gasteiger partial charge in [-0.05, 0) is 18.6 Å². The van der Waals surface area contributed by atoms with Crippen molar-refractivity contribution in [3.05, 3.63) is 71.3 Å². The Labute approximate surface area is 150 Å². The van der Waals surface area contributed by atoms with Crippen LogP contribution in [0.3, 0.4) is 0 Å². The van der Waals surface area contributed by atoms with E-state index in [1.165, 1.54) is 7.11 Å². The second-order valence-corrected chi connectivity index (χ2v) is 5.76. The van der Waals surface area contributed by atoms with Crippen LogP contribution in [-0.4, -0.2) is 31.6 Å². The molecule has 0 unspecified atom stereocenters. The average Bonchev–Trinajstić information content (AvgIpc) is 2.68. The maximum atomic E-state index is 13.0. The van der Waals surface area contributed by atoms with Gasteiger partial charge in [0.15, 0.2) is 0 Å². The fourth-order valence-corrected chi connectivity index (χ4v) is 3.25. The minimum absolute atomic E-state index is 0.0699. The molecule has 0 bridgehead atoms. The zero-order valence-corrected chi connectivity index (χ0v) is 14.4. The van der Waals surface area contributed by atoms with E-state index in [4.69, 9.17) is 14.2 Å². The van der Waals surface area contributed by atoms with E-state index in [9.17, 15) is 14.4 Å². The molecule has 0 saturated carbocycles. The molecule has 2 aromatic rings. The van der Waals surface area contributed by atoms with Gasteiger partial charge in [0.05, 0.1) is 19.3 Å². The van der Waals surface area contributed by atoms with E-state index in [-0.39, 0.29) is 12.2 Å². The molecule has 0 saturated heterocycles. The van der Waals surface area contributed by atoms with Crippen LogP contribution in [-0.2, 0) is 29.4 Å². The quantitative estimate of drug-likeness (QED) is 0.620. The number of esters is 3. The molecule has 0 radical (unpaired) electrons. The Bertz CT molecular complexity index is 844. The Morgan fingerprint density at radius 3 is 2.38 bits per heavy atom. The van der Waals surface area contributed by atoms with Gasteiger partial charge in [-0.25, -0.2) is 9.59 Å². The van der Waals surface area contributed by atoms with Gasteiger partial charge >= 0.3 is 17.9 Å². The number of hydrogen-bond acceptors (Lipinski definition) is 6. The highest BCUT2D eigenvalue weighted by atomic mass is 16.6. The van der Waals surface area contributed by atoms with Crippen LogP contribution in [0.2, 0.25) is 0 Å². The summed E-state index contributed by atoms with van der Waals surface area (Å²) in [4.78, 5) is 38.4. The number of methoxy groups -OCH3 is 1. The van der Waals surface area contributed by atoms with Crippen LogP contribution in [0.4, 0.5) is 0 Å². The van der Waals surface area contributed by atoms with Crippen LogP contribution in [0.25, 0.3) is 0 Å². The summed E-state index contributed by atoms with van der Waals surface area (Å²) in [5.74, 6) is -3.38. The van der Waals surface area contributed by atoms with Gasteiger partial charge in [0, 0.05) is 5.56 Å². The molecule has 2 atom stereocenters. The second kappa shape index (κ2) is 7.00. The summed E-state index contributed by atoms with van der Waals surface area (Å²) < 4.78 is 15.8. The van der Waals surface area contributed by atoms with E-state index in [1.807, 2.05) is 0 Å². The standard InChI is InChI=1S/C20H18O6/c1-3-25-19(23)20(13-9-5-4-6-10-13)16(18(22)24-2)14-11-7-8-12-15(14)17(21)26-20/h4-12,16H,3H2,1-2H3/t16-,20-/m0/s1. The van der Waals surface area contributed by atoms with Crippen LogP contribution in [0.5, 0.6) is 0 Å². The molecular weight excluding hydrogens is 336 g/mol. The summed E-state index contributed by atoms with van der Waals surface area (Å²) in [5, 5.41) is 0. The van der Waals surface area contributed by atoms with Crippen molar-refractivity contribution in [2.45, 2.75) is 18.4 Å². The number of fused-ring (bicyclic) bond motifs is 1. The fraction of sp³-hybridized carbons (Fsp3) is 0.250. The van der Waals surface area contributed by atoms with Crippen molar-refractivity contribution in [1.29, 1.82) is 0 Å². The Balaban J connectivity index is 2.32. The molecule has 0 fully saturated rings. The van der Waals surface area contributed by atoms with Crippen molar-refractivity contribution in [2.24, 2.45) is 0 Å². The van der Waals surface area contributed by atoms with Gasteiger partial charge < -0.3 is 14.2 Å². The van der Waals surface area contributed by atoms with Crippen molar-refractivity contribution < 1.29 is 28.6 Å². The van der Waals surface area contributed by atoms with Gasteiger partial charge in [-0.1, -0.05) is 48.5 Å². The minimum atomic E-state index is -1.95. The van der Waals surface area contributed by atoms with E-state index >= 15 is 0 Å². The van der Waals surface area contributed by atoms with Crippen molar-refractivity contribution in [1.82, 2.24) is 0 Å². The van der Waals surface area contributed by atoms with Crippen LogP contribution in [0.15, 0.2) is 54.6 Å². The van der Waals surface area contributed by atoms with E-state index in [2.05, 4.69) is 0 Å². The predicted molar refractivity (Wildman–Crippen MR) is 91.4 cm³/mol. The van der Waals surface area contributed by atoms with E-state index in [0.29, 0.717) is 11.1 Å². The lowest BCUT2D eigenvalue weighted by Crippen LogP contribution is -2.52. The first-order chi connectivity index (χ1) is 12.6. The van der Waals surface area contributed by atoms with Crippen molar-refractivity contribution >= 4 is 17.9 Å². The van der Waals surface area contributed by atoms with Crippen molar-refractivity contribution in [3.8, 4) is 0 Å². The number of cyclic esters (lactones) is 1. The number of rotatable bonds is 4. The zero-order chi connectivity index (χ0) is 18.7. The lowest BCUT2D eigenvalue weighted by atomic mass is 9.73. The molecule has 0 spiro atoms. The van der Waals surface area contributed by atoms with Gasteiger partial charge in [0.25, 0.3) is 5.60 Å². The third kappa shape index (κ3) is 2.63. The molecular formula is C20H18O6. The van der Waals surface area contributed by atoms with Gasteiger partial charge in [0.1, 0.15) is 5.92 Å². The molecule has 0 amide bonds. The monoisotopic (exact) mass is 354 g/mol. The fourth-order valence-electron chi connectivity index (χ4n) is 3.25. The highest BCUT2D eigenvalue weighted by Gasteiger charge is 2.60. The van der Waals surface area contributed by atoms with Crippen LogP contribution in [0.1, 0.15) is 34.3 Å². The second-order valence-electron chi connectivity index (χ2n) is 5.76. The minimum Gasteiger partial charge on any atom is -0.468 e. The molecule has 3 rings (SSSR count). The smallest absolute Gasteiger partial charge is 0.356 e. The number of ether oxygens (including phenoxy) is 3. The Kier molecular flexibility index (Phi) is 4.75. The summed E-state index contributed by atoms with van der Waals surface area (Å²) in [6.07, 6.45) is 0. The Morgan fingerprint density at radius 1 is 1.08 bits per heavy atom. The zero-order valence-electron chi connectivity index (χ0n) is 14.4. The van der Waals surface area contributed by atoms with E-state index < -0.39 is 29.4 Å². The largest absolute Gasteiger partial charge is 0.468 e. The average molecular weight is 354 g/mol. The predicted octanol–water partition coefficient (Wildman–Crippen LogP) is 2.57. The molecule has 26 heavy (non-hydrogen) atoms. The number of carbonyl (C=O) groups is 3. The molecule has 1 heterocycles. The molecule has 0 aromatic heterocycles. The lowest BCUT2D eigenvalue weighted by Gasteiger charge is -2.40. The third-order valence-electron chi connectivity index (χ3n) is 4.37. The van der Waals surface area contributed by atoms with Gasteiger partial charge in [-0.2, -0.15) is 0 Å². The third-order valence-corrected chi connectivity index (χ3v) is 4.37. The summed E-state index contributed by atoms with van der Waals surface area (Å²) in [7, 11) is 1.22. The molecule has 6 heteroatoms. The van der Waals surface area contributed by atoms with E-state index in [0.717, 1.165) is 0 Å². The lowest BCUT2D eigenvalue weighted by molar-refractivity contribution is -0.178. The van der Waals surface area contributed by atoms with Crippen molar-refractivity contribution in [3.63, 3.8) is 0 Å². The van der Waals surface area contributed by atoms with Crippen molar-refractivity contribution in [2.75, 3.05) is 13.7 Å². The van der Waals surface area contributed by atoms with Gasteiger partial charge in [0.2, 0.25) is 0 Å². The molecule has 1 aliphatic rings. The number of benzene rings is 2. The van der Waals surface area contributed by atoms with Gasteiger partial charge in [-0.15, -0.1) is 0 Å². The highest BCUT2D eigenvalue weighted by molar-refractivity contribution is 6.02. The highest BCUT2D eigenvalue weighted by Crippen LogP contribution is 2.47. The molecule has 1 aliphatic heterocycles. The van der Waals surface area contributed by atoms with Crippen LogP contribution in [0, 0.1) is 0 Å². The molecule has 0 aliphatic carbocycles. The van der Waals surface area contributed by atoms with Crippen LogP contribution < -0.4 is 0 Å². The molecule has 2 aromatic carbocycles. The first kappa shape index (κ1) is 17.7. The first-order valence-corrected chi connectivity index (χ1v) is 8.19. The normalized spacial score (nSPS) is 21.3. The number of hydrogen-bond donors (Lipinski definition) is 0. The molecule has 0 N–H and O–H groups in total. The molecule has 134 valence electrons. The summed E-state index contributed by atoms with van der Waals surface area (Å²) in [6, 6.07) is 14.9. The summed E-state index contributed by atoms with van der Waals surface area (Å²) in [5.41, 5.74) is -1.02.